The summed E-state index contributed by atoms with van der Waals surface area (Å²) >= 11 is 1.63. The van der Waals surface area contributed by atoms with Crippen molar-refractivity contribution in [2.75, 3.05) is 13.2 Å². The Labute approximate surface area is 182 Å². The molecule has 0 spiro atoms. The summed E-state index contributed by atoms with van der Waals surface area (Å²) in [5, 5.41) is 1.72. The second-order valence-electron chi connectivity index (χ2n) is 8.19. The first-order valence-corrected chi connectivity index (χ1v) is 12.8. The first-order chi connectivity index (χ1) is 14.2. The van der Waals surface area contributed by atoms with Gasteiger partial charge in [-0.2, -0.15) is 0 Å². The Balaban J connectivity index is 1.60. The van der Waals surface area contributed by atoms with Crippen LogP contribution in [0.4, 0.5) is 0 Å². The molecule has 0 amide bonds. The molecule has 166 valence electrons. The molecule has 0 bridgehead atoms. The zero-order valence-electron chi connectivity index (χ0n) is 18.6. The lowest BCUT2D eigenvalue weighted by molar-refractivity contribution is -0.175. The van der Waals surface area contributed by atoms with Gasteiger partial charge in [0.05, 0.1) is 18.3 Å². The van der Waals surface area contributed by atoms with Crippen molar-refractivity contribution >= 4 is 17.7 Å². The topological polar surface area (TPSA) is 38.8 Å². The van der Waals surface area contributed by atoms with E-state index in [9.17, 15) is 4.79 Å². The molecular weight excluding hydrogens is 382 g/mol. The maximum atomic E-state index is 12.3. The molecule has 2 heterocycles. The fourth-order valence-corrected chi connectivity index (χ4v) is 4.77. The van der Waals surface area contributed by atoms with Gasteiger partial charge >= 0.3 is 5.97 Å². The standard InChI is InChI=1S/C24H41NO3S/c1-3-5-7-9-11-12-13-15-17-25-20-22-21(24(26)28-25)19-23(29-22)27-18-16-14-10-8-6-4-2/h19-20,23H,3-18H2,1-2H3. The molecule has 0 fully saturated rings. The van der Waals surface area contributed by atoms with Crippen molar-refractivity contribution in [3.8, 4) is 0 Å². The first-order valence-electron chi connectivity index (χ1n) is 12.0. The first kappa shape index (κ1) is 24.3. The van der Waals surface area contributed by atoms with Crippen molar-refractivity contribution in [3.63, 3.8) is 0 Å². The molecule has 0 aliphatic carbocycles. The highest BCUT2D eigenvalue weighted by atomic mass is 32.2. The minimum Gasteiger partial charge on any atom is -0.363 e. The number of fused-ring (bicyclic) bond motifs is 1. The van der Waals surface area contributed by atoms with Gasteiger partial charge in [0.1, 0.15) is 5.44 Å². The Morgan fingerprint density at radius 1 is 0.897 bits per heavy atom. The molecule has 1 atom stereocenters. The number of rotatable bonds is 17. The van der Waals surface area contributed by atoms with Crippen LogP contribution in [0.3, 0.4) is 0 Å². The summed E-state index contributed by atoms with van der Waals surface area (Å²) in [6.45, 7) is 6.03. The normalized spacial score (nSPS) is 18.5. The Morgan fingerprint density at radius 3 is 2.14 bits per heavy atom. The van der Waals surface area contributed by atoms with E-state index < -0.39 is 0 Å². The zero-order valence-corrected chi connectivity index (χ0v) is 19.4. The number of thioether (sulfide) groups is 1. The largest absolute Gasteiger partial charge is 0.364 e. The number of hydroxylamine groups is 2. The third-order valence-electron chi connectivity index (χ3n) is 5.50. The second kappa shape index (κ2) is 15.0. The molecule has 2 rings (SSSR count). The van der Waals surface area contributed by atoms with Crippen LogP contribution in [0.25, 0.3) is 0 Å². The molecule has 2 aliphatic rings. The monoisotopic (exact) mass is 423 g/mol. The lowest BCUT2D eigenvalue weighted by Crippen LogP contribution is -2.28. The molecule has 0 aromatic rings. The van der Waals surface area contributed by atoms with Gasteiger partial charge in [-0.15, -0.1) is 0 Å². The van der Waals surface area contributed by atoms with Crippen LogP contribution in [0.1, 0.15) is 104 Å². The summed E-state index contributed by atoms with van der Waals surface area (Å²) in [6, 6.07) is 0. The summed E-state index contributed by atoms with van der Waals surface area (Å²) in [5.74, 6) is -0.236. The van der Waals surface area contributed by atoms with E-state index in [1.165, 1.54) is 77.0 Å². The van der Waals surface area contributed by atoms with Crippen molar-refractivity contribution in [3.05, 3.63) is 22.8 Å². The summed E-state index contributed by atoms with van der Waals surface area (Å²) < 4.78 is 5.96. The quantitative estimate of drug-likeness (QED) is 0.233. The fourth-order valence-electron chi connectivity index (χ4n) is 3.70. The highest BCUT2D eigenvalue weighted by Gasteiger charge is 2.33. The SMILES string of the molecule is CCCCCCCCCCN1C=C2SC(OCCCCCCCC)C=C2C(=O)O1. The van der Waals surface area contributed by atoms with Gasteiger partial charge in [0.2, 0.25) is 0 Å². The number of hydrogen-bond acceptors (Lipinski definition) is 5. The molecule has 0 aromatic heterocycles. The van der Waals surface area contributed by atoms with E-state index in [-0.39, 0.29) is 11.4 Å². The van der Waals surface area contributed by atoms with Gasteiger partial charge in [-0.3, -0.25) is 0 Å². The molecular formula is C24H41NO3S. The summed E-state index contributed by atoms with van der Waals surface area (Å²) in [7, 11) is 0. The third-order valence-corrected chi connectivity index (χ3v) is 6.59. The number of carbonyl (C=O) groups is 1. The summed E-state index contributed by atoms with van der Waals surface area (Å²) in [5.41, 5.74) is 0.623. The number of carbonyl (C=O) groups excluding carboxylic acids is 1. The number of ether oxygens (including phenoxy) is 1. The van der Waals surface area contributed by atoms with Gasteiger partial charge in [-0.25, -0.2) is 9.86 Å². The maximum Gasteiger partial charge on any atom is 0.364 e. The van der Waals surface area contributed by atoms with Crippen LogP contribution in [0.5, 0.6) is 0 Å². The van der Waals surface area contributed by atoms with E-state index in [0.717, 1.165) is 30.9 Å². The van der Waals surface area contributed by atoms with Crippen LogP contribution >= 0.6 is 11.8 Å². The molecule has 0 N–H and O–H groups in total. The fraction of sp³-hybridized carbons (Fsp3) is 0.792. The highest BCUT2D eigenvalue weighted by molar-refractivity contribution is 8.04. The molecule has 0 saturated carbocycles. The number of hydrogen-bond donors (Lipinski definition) is 0. The molecule has 1 unspecified atom stereocenters. The number of nitrogens with zero attached hydrogens (tertiary/aromatic N) is 1. The lowest BCUT2D eigenvalue weighted by Gasteiger charge is -2.24. The van der Waals surface area contributed by atoms with Crippen LogP contribution in [0.2, 0.25) is 0 Å². The average molecular weight is 424 g/mol. The number of unbranched alkanes of at least 4 members (excludes halogenated alkanes) is 12. The van der Waals surface area contributed by atoms with Crippen LogP contribution in [0.15, 0.2) is 22.8 Å². The van der Waals surface area contributed by atoms with Gasteiger partial charge in [0.25, 0.3) is 0 Å². The third kappa shape index (κ3) is 9.61. The van der Waals surface area contributed by atoms with E-state index in [1.807, 2.05) is 12.3 Å². The van der Waals surface area contributed by atoms with Gasteiger partial charge in [0.15, 0.2) is 0 Å². The van der Waals surface area contributed by atoms with Crippen molar-refractivity contribution in [2.45, 2.75) is 109 Å². The van der Waals surface area contributed by atoms with E-state index in [0.29, 0.717) is 5.57 Å². The average Bonchev–Trinajstić information content (AvgIpc) is 3.13. The minimum atomic E-state index is -0.236. The van der Waals surface area contributed by atoms with E-state index in [4.69, 9.17) is 9.57 Å². The predicted molar refractivity (Wildman–Crippen MR) is 122 cm³/mol. The molecule has 5 heteroatoms. The van der Waals surface area contributed by atoms with Crippen molar-refractivity contribution in [1.82, 2.24) is 5.06 Å². The van der Waals surface area contributed by atoms with Crippen molar-refractivity contribution in [1.29, 1.82) is 0 Å². The summed E-state index contributed by atoms with van der Waals surface area (Å²) in [6.07, 6.45) is 21.7. The van der Waals surface area contributed by atoms with Crippen molar-refractivity contribution in [2.24, 2.45) is 0 Å². The Morgan fingerprint density at radius 2 is 1.48 bits per heavy atom. The minimum absolute atomic E-state index is 0.0532. The molecule has 0 aromatic carbocycles. The van der Waals surface area contributed by atoms with Crippen molar-refractivity contribution < 1.29 is 14.4 Å². The zero-order chi connectivity index (χ0) is 20.7. The Bertz CT molecular complexity index is 532. The molecule has 4 nitrogen and oxygen atoms in total. The van der Waals surface area contributed by atoms with E-state index >= 15 is 0 Å². The van der Waals surface area contributed by atoms with Crippen LogP contribution in [-0.2, 0) is 14.4 Å². The van der Waals surface area contributed by atoms with Gasteiger partial charge in [-0.1, -0.05) is 103 Å². The van der Waals surface area contributed by atoms with Crippen LogP contribution in [-0.4, -0.2) is 29.6 Å². The molecule has 0 saturated heterocycles. The van der Waals surface area contributed by atoms with Gasteiger partial charge in [-0.05, 0) is 18.9 Å². The van der Waals surface area contributed by atoms with E-state index in [2.05, 4.69) is 13.8 Å². The van der Waals surface area contributed by atoms with E-state index in [1.54, 1.807) is 16.8 Å². The molecule has 2 aliphatic heterocycles. The Kier molecular flexibility index (Phi) is 12.5. The van der Waals surface area contributed by atoms with Crippen LogP contribution in [0, 0.1) is 0 Å². The Hall–Kier alpha value is -0.940. The highest BCUT2D eigenvalue weighted by Crippen LogP contribution is 2.40. The van der Waals surface area contributed by atoms with Gasteiger partial charge < -0.3 is 9.57 Å². The smallest absolute Gasteiger partial charge is 0.363 e. The van der Waals surface area contributed by atoms with Gasteiger partial charge in [0, 0.05) is 11.5 Å². The summed E-state index contributed by atoms with van der Waals surface area (Å²) in [4.78, 5) is 18.8. The molecule has 0 radical (unpaired) electrons. The molecule has 29 heavy (non-hydrogen) atoms. The van der Waals surface area contributed by atoms with Crippen LogP contribution < -0.4 is 0 Å². The predicted octanol–water partition coefficient (Wildman–Crippen LogP) is 7.12. The second-order valence-corrected chi connectivity index (χ2v) is 9.33. The maximum absolute atomic E-state index is 12.3. The lowest BCUT2D eigenvalue weighted by atomic mass is 10.1.